The number of carbonyl (C=O) groups is 3. The van der Waals surface area contributed by atoms with Crippen molar-refractivity contribution < 1.29 is 23.9 Å². The molecule has 3 aromatic rings. The molecule has 8 heteroatoms. The first-order chi connectivity index (χ1) is 16.4. The summed E-state index contributed by atoms with van der Waals surface area (Å²) >= 11 is 0. The van der Waals surface area contributed by atoms with Gasteiger partial charge in [0.2, 0.25) is 0 Å². The van der Waals surface area contributed by atoms with E-state index in [4.69, 9.17) is 9.47 Å². The molecule has 0 heterocycles. The molecule has 0 fully saturated rings. The van der Waals surface area contributed by atoms with E-state index in [9.17, 15) is 14.4 Å². The minimum atomic E-state index is -0.585. The Labute approximate surface area is 196 Å². The number of ether oxygens (including phenoxy) is 2. The molecule has 0 unspecified atom stereocenters. The molecule has 1 N–H and O–H groups in total. The summed E-state index contributed by atoms with van der Waals surface area (Å²) in [6.45, 7) is 4.84. The molecule has 0 atom stereocenters. The first-order valence-electron chi connectivity index (χ1n) is 10.4. The van der Waals surface area contributed by atoms with Gasteiger partial charge < -0.3 is 14.8 Å². The van der Waals surface area contributed by atoms with Crippen molar-refractivity contribution in [2.45, 2.75) is 6.92 Å². The second kappa shape index (κ2) is 11.9. The van der Waals surface area contributed by atoms with Crippen LogP contribution >= 0.6 is 0 Å². The Kier molecular flexibility index (Phi) is 8.40. The number of hydrogen-bond acceptors (Lipinski definition) is 7. The summed E-state index contributed by atoms with van der Waals surface area (Å²) in [5, 5.41) is 11.1. The number of rotatable bonds is 9. The van der Waals surface area contributed by atoms with Gasteiger partial charge in [-0.3, -0.25) is 4.79 Å². The van der Waals surface area contributed by atoms with Crippen molar-refractivity contribution in [1.29, 1.82) is 0 Å². The first-order valence-corrected chi connectivity index (χ1v) is 10.4. The van der Waals surface area contributed by atoms with Crippen molar-refractivity contribution in [1.82, 2.24) is 0 Å². The van der Waals surface area contributed by atoms with Crippen LogP contribution in [0.3, 0.4) is 0 Å². The molecule has 1 amide bonds. The van der Waals surface area contributed by atoms with E-state index in [1.807, 2.05) is 30.3 Å². The van der Waals surface area contributed by atoms with E-state index < -0.39 is 11.9 Å². The van der Waals surface area contributed by atoms with E-state index in [0.29, 0.717) is 16.9 Å². The lowest BCUT2D eigenvalue weighted by Gasteiger charge is -2.08. The maximum atomic E-state index is 12.5. The number of esters is 2. The second-order valence-corrected chi connectivity index (χ2v) is 7.17. The summed E-state index contributed by atoms with van der Waals surface area (Å²) in [6.07, 6.45) is 0. The molecule has 0 radical (unpaired) electrons. The van der Waals surface area contributed by atoms with Crippen molar-refractivity contribution in [3.63, 3.8) is 0 Å². The normalized spacial score (nSPS) is 10.5. The molecule has 0 aliphatic carbocycles. The summed E-state index contributed by atoms with van der Waals surface area (Å²) in [7, 11) is 0. The quantitative estimate of drug-likeness (QED) is 0.194. The molecule has 8 nitrogen and oxygen atoms in total. The fourth-order valence-electron chi connectivity index (χ4n) is 2.66. The fourth-order valence-corrected chi connectivity index (χ4v) is 2.66. The zero-order valence-corrected chi connectivity index (χ0v) is 18.6. The molecule has 0 aromatic heterocycles. The minimum absolute atomic E-state index is 0.0651. The van der Waals surface area contributed by atoms with Crippen LogP contribution in [0.1, 0.15) is 27.6 Å². The molecule has 0 aliphatic heterocycles. The summed E-state index contributed by atoms with van der Waals surface area (Å²) in [5.74, 6) is -1.46. The number of azo groups is 1. The highest BCUT2D eigenvalue weighted by Gasteiger charge is 2.11. The molecular weight excluding hydrogens is 434 g/mol. The van der Waals surface area contributed by atoms with Crippen LogP contribution in [0.15, 0.2) is 101 Å². The molecule has 0 saturated heterocycles. The molecule has 3 rings (SSSR count). The SMILES string of the molecule is C=C(C)C(=O)OCCOC(=O)c1ccc(C(=O)Nc2ccc(N=Nc3ccccc3)cc2)cc1. The number of carbonyl (C=O) groups excluding carboxylic acids is 3. The first kappa shape index (κ1) is 24.1. The zero-order valence-electron chi connectivity index (χ0n) is 18.6. The number of hydrogen-bond donors (Lipinski definition) is 1. The van der Waals surface area contributed by atoms with E-state index in [2.05, 4.69) is 22.1 Å². The van der Waals surface area contributed by atoms with Gasteiger partial charge in [-0.2, -0.15) is 10.2 Å². The summed E-state index contributed by atoms with van der Waals surface area (Å²) < 4.78 is 9.91. The predicted octanol–water partition coefficient (Wildman–Crippen LogP) is 5.63. The number of nitrogens with one attached hydrogen (secondary N) is 1. The van der Waals surface area contributed by atoms with Crippen LogP contribution in [0.5, 0.6) is 0 Å². The van der Waals surface area contributed by atoms with Crippen LogP contribution in [0.25, 0.3) is 0 Å². The monoisotopic (exact) mass is 457 g/mol. The third-order valence-corrected chi connectivity index (χ3v) is 4.44. The van der Waals surface area contributed by atoms with E-state index in [-0.39, 0.29) is 30.3 Å². The van der Waals surface area contributed by atoms with E-state index in [0.717, 1.165) is 5.69 Å². The Morgan fingerprint density at radius 3 is 1.94 bits per heavy atom. The number of anilines is 1. The molecule has 0 aliphatic rings. The Bertz CT molecular complexity index is 1190. The van der Waals surface area contributed by atoms with Gasteiger partial charge in [0.25, 0.3) is 5.91 Å². The highest BCUT2D eigenvalue weighted by atomic mass is 16.6. The zero-order chi connectivity index (χ0) is 24.3. The Balaban J connectivity index is 1.49. The molecule has 0 spiro atoms. The van der Waals surface area contributed by atoms with Crippen molar-refractivity contribution in [3.05, 3.63) is 102 Å². The highest BCUT2D eigenvalue weighted by Crippen LogP contribution is 2.20. The van der Waals surface area contributed by atoms with E-state index in [1.54, 1.807) is 24.3 Å². The third-order valence-electron chi connectivity index (χ3n) is 4.44. The van der Waals surface area contributed by atoms with Gasteiger partial charge in [-0.25, -0.2) is 9.59 Å². The van der Waals surface area contributed by atoms with Gasteiger partial charge in [-0.1, -0.05) is 24.8 Å². The van der Waals surface area contributed by atoms with Gasteiger partial charge in [-0.05, 0) is 67.6 Å². The number of nitrogens with zero attached hydrogens (tertiary/aromatic N) is 2. The van der Waals surface area contributed by atoms with Crippen LogP contribution in [0.4, 0.5) is 17.1 Å². The fraction of sp³-hybridized carbons (Fsp3) is 0.115. The van der Waals surface area contributed by atoms with Gasteiger partial charge in [0.1, 0.15) is 13.2 Å². The number of benzene rings is 3. The third kappa shape index (κ3) is 7.23. The lowest BCUT2D eigenvalue weighted by Crippen LogP contribution is -2.15. The van der Waals surface area contributed by atoms with Crippen LogP contribution in [-0.4, -0.2) is 31.1 Å². The number of amides is 1. The molecular formula is C26H23N3O5. The maximum Gasteiger partial charge on any atom is 0.338 e. The Hall–Kier alpha value is -4.59. The van der Waals surface area contributed by atoms with Gasteiger partial charge in [0.15, 0.2) is 0 Å². The van der Waals surface area contributed by atoms with E-state index in [1.165, 1.54) is 31.2 Å². The average Bonchev–Trinajstić information content (AvgIpc) is 2.86. The van der Waals surface area contributed by atoms with Crippen molar-refractivity contribution in [2.75, 3.05) is 18.5 Å². The van der Waals surface area contributed by atoms with Gasteiger partial charge in [-0.15, -0.1) is 0 Å². The van der Waals surface area contributed by atoms with Crippen molar-refractivity contribution in [2.24, 2.45) is 10.2 Å². The van der Waals surface area contributed by atoms with Gasteiger partial charge in [0, 0.05) is 16.8 Å². The molecule has 0 saturated carbocycles. The van der Waals surface area contributed by atoms with Gasteiger partial charge in [0.05, 0.1) is 16.9 Å². The molecule has 0 bridgehead atoms. The van der Waals surface area contributed by atoms with Crippen molar-refractivity contribution >= 4 is 34.9 Å². The lowest BCUT2D eigenvalue weighted by atomic mass is 10.1. The molecule has 3 aromatic carbocycles. The standard InChI is InChI=1S/C26H23N3O5/c1-18(2)25(31)33-16-17-34-26(32)20-10-8-19(9-11-20)24(30)27-21-12-14-23(15-13-21)29-28-22-6-4-3-5-7-22/h3-15H,1,16-17H2,2H3,(H,27,30). The van der Waals surface area contributed by atoms with Crippen molar-refractivity contribution in [3.8, 4) is 0 Å². The van der Waals surface area contributed by atoms with Crippen LogP contribution in [0, 0.1) is 0 Å². The minimum Gasteiger partial charge on any atom is -0.459 e. The second-order valence-electron chi connectivity index (χ2n) is 7.17. The highest BCUT2D eigenvalue weighted by molar-refractivity contribution is 6.04. The Morgan fingerprint density at radius 2 is 1.32 bits per heavy atom. The van der Waals surface area contributed by atoms with E-state index >= 15 is 0 Å². The summed E-state index contributed by atoms with van der Waals surface area (Å²) in [6, 6.07) is 22.3. The topological polar surface area (TPSA) is 106 Å². The summed E-state index contributed by atoms with van der Waals surface area (Å²) in [4.78, 5) is 35.8. The predicted molar refractivity (Wildman–Crippen MR) is 128 cm³/mol. The maximum absolute atomic E-state index is 12.5. The van der Waals surface area contributed by atoms with Crippen LogP contribution < -0.4 is 5.32 Å². The van der Waals surface area contributed by atoms with Gasteiger partial charge >= 0.3 is 11.9 Å². The largest absolute Gasteiger partial charge is 0.459 e. The Morgan fingerprint density at radius 1 is 0.765 bits per heavy atom. The molecule has 34 heavy (non-hydrogen) atoms. The van der Waals surface area contributed by atoms with Crippen LogP contribution in [0.2, 0.25) is 0 Å². The average molecular weight is 457 g/mol. The van der Waals surface area contributed by atoms with Crippen LogP contribution in [-0.2, 0) is 14.3 Å². The smallest absolute Gasteiger partial charge is 0.338 e. The summed E-state index contributed by atoms with van der Waals surface area (Å²) in [5.41, 5.74) is 2.91. The molecule has 172 valence electrons. The lowest BCUT2D eigenvalue weighted by molar-refractivity contribution is -0.140.